The van der Waals surface area contributed by atoms with E-state index >= 15 is 0 Å². The Morgan fingerprint density at radius 3 is 1.57 bits per heavy atom. The minimum Gasteiger partial charge on any atom is -0.457 e. The van der Waals surface area contributed by atoms with E-state index in [1.54, 1.807) is 0 Å². The number of hydrogen-bond donors (Lipinski definition) is 1. The molecule has 0 fully saturated rings. The Morgan fingerprint density at radius 1 is 0.676 bits per heavy atom. The lowest BCUT2D eigenvalue weighted by Gasteiger charge is -2.15. The van der Waals surface area contributed by atoms with Gasteiger partial charge in [-0.25, -0.2) is 0 Å². The third-order valence-corrected chi connectivity index (χ3v) is 5.20. The van der Waals surface area contributed by atoms with E-state index in [-0.39, 0.29) is 19.2 Å². The standard InChI is InChI=1S/C33H52O4/c1-3-5-6-7-8-9-10-11-12-13-14-15-16-17-18-19-20-21-22-23-24-25-26-27-29-36-31-32(30-34)37-33(35)28-4-2/h5-6,8-9,11-12,14-15,17-18,20-21,23-24,32,34H,3-4,7,10,13,16,19,22,25-31H2,1-2H3/b6-5-,9-8-,12-11-,15-14-,18-17-,21-20-,24-23-. The van der Waals surface area contributed by atoms with Gasteiger partial charge in [0.25, 0.3) is 0 Å². The molecule has 0 saturated heterocycles. The predicted molar refractivity (Wildman–Crippen MR) is 159 cm³/mol. The smallest absolute Gasteiger partial charge is 0.306 e. The average Bonchev–Trinajstić information content (AvgIpc) is 2.90. The topological polar surface area (TPSA) is 55.8 Å². The van der Waals surface area contributed by atoms with Crippen molar-refractivity contribution in [1.82, 2.24) is 0 Å². The minimum atomic E-state index is -0.555. The van der Waals surface area contributed by atoms with E-state index in [1.807, 2.05) is 6.92 Å². The van der Waals surface area contributed by atoms with Crippen LogP contribution in [-0.4, -0.2) is 37.0 Å². The number of hydrogen-bond acceptors (Lipinski definition) is 4. The molecular weight excluding hydrogens is 460 g/mol. The van der Waals surface area contributed by atoms with E-state index in [0.29, 0.717) is 13.0 Å². The SMILES string of the molecule is CC/C=C\C/C=C\C/C=C\C/C=C\C/C=C\C/C=C\C/C=C\CCCCOCC(CO)OC(=O)CCC. The number of unbranched alkanes of at least 4 members (excludes halogenated alkanes) is 2. The van der Waals surface area contributed by atoms with Gasteiger partial charge in [0.15, 0.2) is 0 Å². The second kappa shape index (κ2) is 29.8. The third kappa shape index (κ3) is 28.0. The largest absolute Gasteiger partial charge is 0.457 e. The zero-order valence-corrected chi connectivity index (χ0v) is 23.4. The molecule has 1 N–H and O–H groups in total. The molecule has 0 aromatic rings. The Morgan fingerprint density at radius 2 is 1.14 bits per heavy atom. The summed E-state index contributed by atoms with van der Waals surface area (Å²) in [7, 11) is 0. The van der Waals surface area contributed by atoms with E-state index in [9.17, 15) is 9.90 Å². The number of aliphatic hydroxyl groups excluding tert-OH is 1. The molecule has 4 heteroatoms. The first kappa shape index (κ1) is 34.6. The summed E-state index contributed by atoms with van der Waals surface area (Å²) in [4.78, 5) is 11.4. The van der Waals surface area contributed by atoms with Gasteiger partial charge in [-0.15, -0.1) is 0 Å². The van der Waals surface area contributed by atoms with E-state index in [0.717, 1.165) is 70.6 Å². The molecule has 0 heterocycles. The van der Waals surface area contributed by atoms with Crippen molar-refractivity contribution in [1.29, 1.82) is 0 Å². The number of carbonyl (C=O) groups excluding carboxylic acids is 1. The van der Waals surface area contributed by atoms with Crippen LogP contribution in [0.25, 0.3) is 0 Å². The fraction of sp³-hybridized carbons (Fsp3) is 0.545. The molecular formula is C33H52O4. The first-order chi connectivity index (χ1) is 18.2. The van der Waals surface area contributed by atoms with Gasteiger partial charge in [-0.05, 0) is 70.6 Å². The number of carbonyl (C=O) groups is 1. The Labute approximate surface area is 227 Å². The van der Waals surface area contributed by atoms with Crippen LogP contribution in [0, 0.1) is 0 Å². The predicted octanol–water partition coefficient (Wildman–Crippen LogP) is 8.52. The van der Waals surface area contributed by atoms with Gasteiger partial charge in [-0.3, -0.25) is 4.79 Å². The average molecular weight is 513 g/mol. The molecule has 1 unspecified atom stereocenters. The van der Waals surface area contributed by atoms with Crippen LogP contribution in [0.5, 0.6) is 0 Å². The molecule has 0 amide bonds. The van der Waals surface area contributed by atoms with Gasteiger partial charge in [0.2, 0.25) is 0 Å². The van der Waals surface area contributed by atoms with Crippen molar-refractivity contribution in [3.05, 3.63) is 85.1 Å². The lowest BCUT2D eigenvalue weighted by molar-refractivity contribution is -0.154. The summed E-state index contributed by atoms with van der Waals surface area (Å²) in [5.41, 5.74) is 0. The van der Waals surface area contributed by atoms with Gasteiger partial charge < -0.3 is 14.6 Å². The summed E-state index contributed by atoms with van der Waals surface area (Å²) >= 11 is 0. The normalized spacial score (nSPS) is 13.7. The van der Waals surface area contributed by atoms with Crippen LogP contribution in [0.2, 0.25) is 0 Å². The van der Waals surface area contributed by atoms with Crippen molar-refractivity contribution in [3.8, 4) is 0 Å². The second-order valence-corrected chi connectivity index (χ2v) is 8.74. The molecule has 1 atom stereocenters. The molecule has 0 aliphatic carbocycles. The molecule has 0 aromatic heterocycles. The Hall–Kier alpha value is -2.43. The number of esters is 1. The van der Waals surface area contributed by atoms with Crippen molar-refractivity contribution in [3.63, 3.8) is 0 Å². The van der Waals surface area contributed by atoms with Crippen LogP contribution in [0.15, 0.2) is 85.1 Å². The highest BCUT2D eigenvalue weighted by Crippen LogP contribution is 2.02. The second-order valence-electron chi connectivity index (χ2n) is 8.74. The maximum atomic E-state index is 11.4. The Balaban J connectivity index is 3.58. The number of allylic oxidation sites excluding steroid dienone is 14. The van der Waals surface area contributed by atoms with Crippen LogP contribution in [-0.2, 0) is 14.3 Å². The summed E-state index contributed by atoms with van der Waals surface area (Å²) in [6.45, 7) is 4.74. The van der Waals surface area contributed by atoms with Gasteiger partial charge in [0.1, 0.15) is 6.10 Å². The molecule has 0 bridgehead atoms. The molecule has 0 saturated carbocycles. The number of ether oxygens (including phenoxy) is 2. The van der Waals surface area contributed by atoms with Crippen molar-refractivity contribution in [2.24, 2.45) is 0 Å². The van der Waals surface area contributed by atoms with E-state index in [2.05, 4.69) is 92.0 Å². The summed E-state index contributed by atoms with van der Waals surface area (Å²) in [5, 5.41) is 9.25. The van der Waals surface area contributed by atoms with Gasteiger partial charge in [0.05, 0.1) is 13.2 Å². The first-order valence-electron chi connectivity index (χ1n) is 14.2. The fourth-order valence-electron chi connectivity index (χ4n) is 3.16. The molecule has 37 heavy (non-hydrogen) atoms. The van der Waals surface area contributed by atoms with Crippen LogP contribution in [0.4, 0.5) is 0 Å². The van der Waals surface area contributed by atoms with E-state index in [1.165, 1.54) is 0 Å². The minimum absolute atomic E-state index is 0.202. The van der Waals surface area contributed by atoms with E-state index < -0.39 is 6.10 Å². The summed E-state index contributed by atoms with van der Waals surface area (Å²) in [6.07, 6.45) is 41.7. The van der Waals surface area contributed by atoms with Gasteiger partial charge in [-0.2, -0.15) is 0 Å². The van der Waals surface area contributed by atoms with Crippen LogP contribution in [0.1, 0.15) is 90.9 Å². The van der Waals surface area contributed by atoms with Crippen LogP contribution < -0.4 is 0 Å². The molecule has 0 rings (SSSR count). The van der Waals surface area contributed by atoms with Crippen molar-refractivity contribution in [2.45, 2.75) is 97.0 Å². The van der Waals surface area contributed by atoms with Crippen molar-refractivity contribution in [2.75, 3.05) is 19.8 Å². The molecule has 0 radical (unpaired) electrons. The molecule has 0 aromatic carbocycles. The molecule has 0 aliphatic rings. The zero-order valence-electron chi connectivity index (χ0n) is 23.4. The van der Waals surface area contributed by atoms with Crippen molar-refractivity contribution < 1.29 is 19.4 Å². The molecule has 4 nitrogen and oxygen atoms in total. The number of aliphatic hydroxyl groups is 1. The maximum Gasteiger partial charge on any atom is 0.306 e. The molecule has 0 spiro atoms. The monoisotopic (exact) mass is 512 g/mol. The van der Waals surface area contributed by atoms with Crippen molar-refractivity contribution >= 4 is 5.97 Å². The zero-order chi connectivity index (χ0) is 27.1. The fourth-order valence-corrected chi connectivity index (χ4v) is 3.16. The third-order valence-electron chi connectivity index (χ3n) is 5.20. The highest BCUT2D eigenvalue weighted by atomic mass is 16.6. The highest BCUT2D eigenvalue weighted by Gasteiger charge is 2.12. The van der Waals surface area contributed by atoms with Gasteiger partial charge >= 0.3 is 5.97 Å². The molecule has 208 valence electrons. The summed E-state index contributed by atoms with van der Waals surface area (Å²) in [6, 6.07) is 0. The Bertz CT molecular complexity index is 710. The van der Waals surface area contributed by atoms with Gasteiger partial charge in [0, 0.05) is 13.0 Å². The quantitative estimate of drug-likeness (QED) is 0.0800. The van der Waals surface area contributed by atoms with Crippen LogP contribution in [0.3, 0.4) is 0 Å². The van der Waals surface area contributed by atoms with Crippen LogP contribution >= 0.6 is 0 Å². The first-order valence-corrected chi connectivity index (χ1v) is 14.2. The Kier molecular flexibility index (Phi) is 27.8. The highest BCUT2D eigenvalue weighted by molar-refractivity contribution is 5.69. The van der Waals surface area contributed by atoms with E-state index in [4.69, 9.17) is 9.47 Å². The summed E-state index contributed by atoms with van der Waals surface area (Å²) in [5.74, 6) is -0.276. The summed E-state index contributed by atoms with van der Waals surface area (Å²) < 4.78 is 10.7. The number of rotatable bonds is 24. The molecule has 0 aliphatic heterocycles. The lowest BCUT2D eigenvalue weighted by Crippen LogP contribution is -2.27. The maximum absolute atomic E-state index is 11.4. The van der Waals surface area contributed by atoms with Gasteiger partial charge in [-0.1, -0.05) is 98.9 Å². The lowest BCUT2D eigenvalue weighted by atomic mass is 10.2.